The van der Waals surface area contributed by atoms with Gasteiger partial charge in [0.15, 0.2) is 0 Å². The Morgan fingerprint density at radius 3 is 0.921 bits per heavy atom. The number of nitrogens with zero attached hydrogens (tertiary/aromatic N) is 1. The fraction of sp³-hybridized carbons (Fsp3) is 0.456. The Kier molecular flexibility index (Phi) is 27.8. The maximum absolute atomic E-state index is 12.4. The van der Waals surface area contributed by atoms with Gasteiger partial charge in [0.05, 0.1) is 26.2 Å². The third-order valence-corrected chi connectivity index (χ3v) is 16.9. The molecule has 2 nitrogen and oxygen atoms in total. The Labute approximate surface area is 407 Å². The summed E-state index contributed by atoms with van der Waals surface area (Å²) in [5, 5.41) is 18.3. The van der Waals surface area contributed by atoms with Crippen molar-refractivity contribution < 1.29 is 26.8 Å². The van der Waals surface area contributed by atoms with Crippen LogP contribution in [0.25, 0.3) is 0 Å². The molecule has 0 aromatic heterocycles. The average molecular weight is 1050 g/mol. The molecule has 0 N–H and O–H groups in total. The van der Waals surface area contributed by atoms with Crippen molar-refractivity contribution in [2.24, 2.45) is 0 Å². The molecule has 0 saturated heterocycles. The monoisotopic (exact) mass is 1040 g/mol. The first-order chi connectivity index (χ1) is 30.2. The Morgan fingerprint density at radius 2 is 0.714 bits per heavy atom. The zero-order valence-corrected chi connectivity index (χ0v) is 45.7. The number of quaternary nitrogens is 1. The predicted molar refractivity (Wildman–Crippen MR) is 284 cm³/mol. The van der Waals surface area contributed by atoms with E-state index in [1.54, 1.807) is 0 Å². The van der Waals surface area contributed by atoms with Crippen LogP contribution in [0.1, 0.15) is 137 Å². The van der Waals surface area contributed by atoms with Crippen LogP contribution in [0.3, 0.4) is 0 Å². The minimum absolute atomic E-state index is 0.120. The second kappa shape index (κ2) is 30.8. The maximum Gasteiger partial charge on any atom is -0.0195 e. The van der Waals surface area contributed by atoms with Crippen molar-refractivity contribution in [2.45, 2.75) is 131 Å². The Balaban J connectivity index is 0.000000339. The standard InChI is InChI=1S/C26H24P2.C16H36N.C15H23O.BrH.Pd/c1-5-13-23(14-6-1)27(24-15-7-2-8-16-24)21-22-28(25-17-9-3-10-18-25)26-19-11-4-12-20-26;1-5-9-13-17(14-10-6-2,15-11-7-3)16-12-8-4;1-10-8-11(14(2,3)4)13(16)12(9-10)15(5,6)7;;/h1-20H,21-22H2;5-16H2,1-4H3;8-9,16H,1H2,2-7H3;1H;/q;+1;-1;;+2/p-2. The molecule has 5 rings (SSSR count). The molecule has 0 bridgehead atoms. The molecule has 0 spiro atoms. The van der Waals surface area contributed by atoms with E-state index >= 15 is 0 Å². The zero-order valence-electron chi connectivity index (χ0n) is 40.8. The van der Waals surface area contributed by atoms with E-state index in [2.05, 4.69) is 228 Å². The first-order valence-corrected chi connectivity index (χ1v) is 30.2. The first-order valence-electron chi connectivity index (χ1n) is 23.6. The molecule has 0 fully saturated rings. The third kappa shape index (κ3) is 20.4. The first kappa shape index (κ1) is 56.9. The van der Waals surface area contributed by atoms with E-state index in [0.29, 0.717) is 0 Å². The summed E-state index contributed by atoms with van der Waals surface area (Å²) in [4.78, 5) is 0. The van der Waals surface area contributed by atoms with Gasteiger partial charge in [-0.15, -0.1) is 16.9 Å². The molecule has 63 heavy (non-hydrogen) atoms. The van der Waals surface area contributed by atoms with Crippen LogP contribution in [0, 0.1) is 6.92 Å². The van der Waals surface area contributed by atoms with Gasteiger partial charge in [0.25, 0.3) is 0 Å². The van der Waals surface area contributed by atoms with Gasteiger partial charge in [-0.25, -0.2) is 0 Å². The topological polar surface area (TPSA) is 23.1 Å². The summed E-state index contributed by atoms with van der Waals surface area (Å²) in [7, 11) is -0.696. The van der Waals surface area contributed by atoms with E-state index in [1.807, 2.05) is 12.1 Å². The predicted octanol–water partition coefficient (Wildman–Crippen LogP) is 14.6. The molecule has 0 unspecified atom stereocenters. The summed E-state index contributed by atoms with van der Waals surface area (Å²) in [6.07, 6.45) is 13.5. The molecule has 6 heteroatoms. The number of rotatable bonds is 19. The SMILES string of the molecule is CCCC[N+](CCCC)(CCCC)CCCC.[Br][Pd+].[CH2-]c1cc(C(C)(C)C)c([O-])c(C(C)(C)C)c1.c1ccc(P(CCP(c2ccccc2)c2ccccc2)c2ccccc2)cc1. The van der Waals surface area contributed by atoms with Gasteiger partial charge in [0, 0.05) is 0 Å². The van der Waals surface area contributed by atoms with E-state index in [0.717, 1.165) is 16.7 Å². The second-order valence-electron chi connectivity index (χ2n) is 18.8. The Morgan fingerprint density at radius 1 is 0.476 bits per heavy atom. The molecule has 5 aromatic rings. The molecule has 0 amide bonds. The number of unbranched alkanes of at least 4 members (excludes halogenated alkanes) is 4. The van der Waals surface area contributed by atoms with Gasteiger partial charge < -0.3 is 9.59 Å². The third-order valence-electron chi connectivity index (χ3n) is 11.5. The second-order valence-corrected chi connectivity index (χ2v) is 23.5. The van der Waals surface area contributed by atoms with Gasteiger partial charge in [0.2, 0.25) is 0 Å². The fourth-order valence-electron chi connectivity index (χ4n) is 7.89. The van der Waals surface area contributed by atoms with Crippen molar-refractivity contribution in [3.63, 3.8) is 0 Å². The van der Waals surface area contributed by atoms with Crippen LogP contribution < -0.4 is 26.3 Å². The van der Waals surface area contributed by atoms with E-state index in [-0.39, 0.29) is 32.4 Å². The van der Waals surface area contributed by atoms with E-state index in [4.69, 9.17) is 0 Å². The molecule has 0 heterocycles. The van der Waals surface area contributed by atoms with Crippen LogP contribution in [-0.2, 0) is 28.0 Å². The maximum atomic E-state index is 12.4. The van der Waals surface area contributed by atoms with Crippen LogP contribution in [0.4, 0.5) is 0 Å². The van der Waals surface area contributed by atoms with Crippen LogP contribution in [0.15, 0.2) is 133 Å². The van der Waals surface area contributed by atoms with Crippen molar-refractivity contribution in [1.82, 2.24) is 0 Å². The summed E-state index contributed by atoms with van der Waals surface area (Å²) in [5.41, 5.74) is 2.42. The number of hydrogen-bond acceptors (Lipinski definition) is 1. The smallest absolute Gasteiger partial charge is 0.0195 e. The van der Waals surface area contributed by atoms with Gasteiger partial charge in [-0.05, 0) is 85.9 Å². The van der Waals surface area contributed by atoms with Crippen LogP contribution in [0.2, 0.25) is 0 Å². The number of benzene rings is 5. The molecule has 348 valence electrons. The molecule has 0 atom stereocenters. The minimum Gasteiger partial charge on any atom is -0.873 e. The molecule has 0 radical (unpaired) electrons. The van der Waals surface area contributed by atoms with Crippen LogP contribution in [0.5, 0.6) is 5.75 Å². The normalized spacial score (nSPS) is 11.5. The van der Waals surface area contributed by atoms with Gasteiger partial charge >= 0.3 is 30.6 Å². The van der Waals surface area contributed by atoms with Gasteiger partial charge in [-0.2, -0.15) is 24.6 Å². The average Bonchev–Trinajstić information content (AvgIpc) is 3.29. The molecular formula is C57H82BrNOP2Pd. The van der Waals surface area contributed by atoms with E-state index in [1.165, 1.54) is 116 Å². The van der Waals surface area contributed by atoms with Crippen LogP contribution >= 0.6 is 29.3 Å². The largest absolute Gasteiger partial charge is 0.873 e. The minimum atomic E-state index is -0.348. The summed E-state index contributed by atoms with van der Waals surface area (Å²) in [6, 6.07) is 48.0. The van der Waals surface area contributed by atoms with Crippen molar-refractivity contribution >= 4 is 50.5 Å². The summed E-state index contributed by atoms with van der Waals surface area (Å²) in [5.74, 6) is 0.174. The zero-order chi connectivity index (χ0) is 46.7. The molecular weight excluding hydrogens is 963 g/mol. The molecule has 5 aromatic carbocycles. The van der Waals surface area contributed by atoms with E-state index in [9.17, 15) is 5.11 Å². The summed E-state index contributed by atoms with van der Waals surface area (Å²) >= 11 is 5.35. The Bertz CT molecular complexity index is 1660. The summed E-state index contributed by atoms with van der Waals surface area (Å²) < 4.78 is 1.42. The van der Waals surface area contributed by atoms with Crippen molar-refractivity contribution in [3.05, 3.63) is 157 Å². The van der Waals surface area contributed by atoms with Crippen molar-refractivity contribution in [2.75, 3.05) is 38.5 Å². The molecule has 0 aliphatic heterocycles. The quantitative estimate of drug-likeness (QED) is 0.0350. The van der Waals surface area contributed by atoms with Gasteiger partial charge in [-0.3, -0.25) is 0 Å². The Hall–Kier alpha value is -2.27. The number of halogens is 1. The fourth-order valence-corrected chi connectivity index (χ4v) is 13.3. The van der Waals surface area contributed by atoms with Crippen molar-refractivity contribution in [1.29, 1.82) is 0 Å². The van der Waals surface area contributed by atoms with E-state index < -0.39 is 0 Å². The van der Waals surface area contributed by atoms with Gasteiger partial charge in [0.1, 0.15) is 0 Å². The number of hydrogen-bond donors (Lipinski definition) is 0. The van der Waals surface area contributed by atoms with Crippen LogP contribution in [-0.4, -0.2) is 43.0 Å². The molecule has 0 aliphatic rings. The molecule has 0 saturated carbocycles. The van der Waals surface area contributed by atoms with Crippen molar-refractivity contribution in [3.8, 4) is 5.75 Å². The summed E-state index contributed by atoms with van der Waals surface area (Å²) in [6.45, 7) is 31.4. The van der Waals surface area contributed by atoms with Gasteiger partial charge in [-0.1, -0.05) is 216 Å². The molecule has 0 aliphatic carbocycles.